The van der Waals surface area contributed by atoms with Crippen molar-refractivity contribution in [1.82, 2.24) is 4.98 Å². The molecule has 146 valence electrons. The van der Waals surface area contributed by atoms with Crippen LogP contribution in [0.4, 0.5) is 9.52 Å². The van der Waals surface area contributed by atoms with Gasteiger partial charge in [-0.3, -0.25) is 14.5 Å². The Balaban J connectivity index is 1.91. The summed E-state index contributed by atoms with van der Waals surface area (Å²) in [6, 6.07) is 11.0. The van der Waals surface area contributed by atoms with Gasteiger partial charge in [0.25, 0.3) is 5.78 Å². The lowest BCUT2D eigenvalue weighted by atomic mass is 9.95. The first-order chi connectivity index (χ1) is 14.0. The number of rotatable bonds is 4. The van der Waals surface area contributed by atoms with E-state index < -0.39 is 23.5 Å². The molecule has 6 nitrogen and oxygen atoms in total. The minimum absolute atomic E-state index is 0.0815. The Morgan fingerprint density at radius 2 is 1.83 bits per heavy atom. The van der Waals surface area contributed by atoms with E-state index in [9.17, 15) is 19.1 Å². The molecule has 1 N–H and O–H groups in total. The number of Topliss-reactive ketones (excluding diaryl/α,β-unsaturated/α-hetero) is 1. The van der Waals surface area contributed by atoms with E-state index in [1.54, 1.807) is 29.6 Å². The van der Waals surface area contributed by atoms with Crippen LogP contribution in [0.3, 0.4) is 0 Å². The Labute approximate surface area is 169 Å². The molecule has 2 heterocycles. The highest BCUT2D eigenvalue weighted by atomic mass is 32.1. The lowest BCUT2D eigenvalue weighted by Crippen LogP contribution is -2.29. The minimum Gasteiger partial charge on any atom is -0.507 e. The maximum atomic E-state index is 13.3. The van der Waals surface area contributed by atoms with Crippen molar-refractivity contribution >= 4 is 33.9 Å². The van der Waals surface area contributed by atoms with Gasteiger partial charge in [0.05, 0.1) is 18.7 Å². The number of aliphatic hydroxyl groups is 1. The fraction of sp³-hybridized carbons (Fsp3) is 0.0952. The van der Waals surface area contributed by atoms with E-state index in [4.69, 9.17) is 4.74 Å². The number of hydrogen-bond acceptors (Lipinski definition) is 6. The Kier molecular flexibility index (Phi) is 4.85. The summed E-state index contributed by atoms with van der Waals surface area (Å²) < 4.78 is 18.5. The zero-order chi connectivity index (χ0) is 20.5. The fourth-order valence-electron chi connectivity index (χ4n) is 3.23. The monoisotopic (exact) mass is 410 g/mol. The number of ketones is 1. The molecule has 3 aromatic rings. The summed E-state index contributed by atoms with van der Waals surface area (Å²) in [7, 11) is 1.53. The summed E-state index contributed by atoms with van der Waals surface area (Å²) in [6.07, 6.45) is 1.53. The highest BCUT2D eigenvalue weighted by Crippen LogP contribution is 2.42. The molecule has 1 unspecified atom stereocenters. The van der Waals surface area contributed by atoms with Crippen molar-refractivity contribution in [3.05, 3.63) is 82.6 Å². The summed E-state index contributed by atoms with van der Waals surface area (Å²) >= 11 is 1.21. The van der Waals surface area contributed by atoms with Gasteiger partial charge < -0.3 is 9.84 Å². The van der Waals surface area contributed by atoms with Gasteiger partial charge in [0, 0.05) is 17.1 Å². The molecule has 0 bridgehead atoms. The Hall–Kier alpha value is -3.52. The number of benzene rings is 2. The number of ether oxygens (including phenoxy) is 1. The second-order valence-corrected chi connectivity index (χ2v) is 7.14. The predicted molar refractivity (Wildman–Crippen MR) is 106 cm³/mol. The maximum absolute atomic E-state index is 13.3. The van der Waals surface area contributed by atoms with Crippen LogP contribution in [0.1, 0.15) is 17.2 Å². The predicted octanol–water partition coefficient (Wildman–Crippen LogP) is 3.92. The van der Waals surface area contributed by atoms with Gasteiger partial charge in [-0.05, 0) is 42.0 Å². The summed E-state index contributed by atoms with van der Waals surface area (Å²) in [5, 5.41) is 12.9. The number of aliphatic hydroxyl groups excluding tert-OH is 1. The van der Waals surface area contributed by atoms with Crippen LogP contribution >= 0.6 is 11.3 Å². The molecular formula is C21H15FN2O4S. The first-order valence-corrected chi connectivity index (χ1v) is 9.49. The van der Waals surface area contributed by atoms with Gasteiger partial charge in [-0.25, -0.2) is 9.37 Å². The van der Waals surface area contributed by atoms with E-state index in [2.05, 4.69) is 4.98 Å². The highest BCUT2D eigenvalue weighted by molar-refractivity contribution is 7.14. The Morgan fingerprint density at radius 1 is 1.14 bits per heavy atom. The van der Waals surface area contributed by atoms with E-state index >= 15 is 0 Å². The SMILES string of the molecule is COc1ccc(C2C(=C(O)c3ccc(F)cc3)C(=O)C(=O)N2c2nccs2)cc1. The average Bonchev–Trinajstić information content (AvgIpc) is 3.35. The largest absolute Gasteiger partial charge is 0.507 e. The normalized spacial score (nSPS) is 18.3. The number of thiazole rings is 1. The van der Waals surface area contributed by atoms with Gasteiger partial charge in [0.15, 0.2) is 5.13 Å². The number of hydrogen-bond donors (Lipinski definition) is 1. The second kappa shape index (κ2) is 7.48. The Morgan fingerprint density at radius 3 is 2.41 bits per heavy atom. The minimum atomic E-state index is -0.878. The number of carbonyl (C=O) groups excluding carboxylic acids is 2. The number of anilines is 1. The van der Waals surface area contributed by atoms with Gasteiger partial charge in [-0.2, -0.15) is 0 Å². The van der Waals surface area contributed by atoms with Gasteiger partial charge >= 0.3 is 5.91 Å². The number of nitrogens with zero attached hydrogens (tertiary/aromatic N) is 2. The first-order valence-electron chi connectivity index (χ1n) is 8.61. The van der Waals surface area contributed by atoms with Crippen LogP contribution in [-0.2, 0) is 9.59 Å². The molecule has 4 rings (SSSR count). The van der Waals surface area contributed by atoms with Crippen molar-refractivity contribution in [2.24, 2.45) is 0 Å². The Bertz CT molecular complexity index is 1090. The van der Waals surface area contributed by atoms with Crippen LogP contribution in [0.25, 0.3) is 5.76 Å². The summed E-state index contributed by atoms with van der Waals surface area (Å²) in [4.78, 5) is 31.1. The van der Waals surface area contributed by atoms with Gasteiger partial charge in [-0.1, -0.05) is 12.1 Å². The molecule has 0 spiro atoms. The molecule has 0 saturated carbocycles. The smallest absolute Gasteiger partial charge is 0.301 e. The molecular weight excluding hydrogens is 395 g/mol. The molecule has 1 atom stereocenters. The first kappa shape index (κ1) is 18.8. The fourth-order valence-corrected chi connectivity index (χ4v) is 3.90. The quantitative estimate of drug-likeness (QED) is 0.401. The highest BCUT2D eigenvalue weighted by Gasteiger charge is 2.47. The number of amides is 1. The van der Waals surface area contributed by atoms with Gasteiger partial charge in [0.1, 0.15) is 17.3 Å². The van der Waals surface area contributed by atoms with Crippen LogP contribution < -0.4 is 9.64 Å². The molecule has 1 aliphatic rings. The molecule has 2 aromatic carbocycles. The zero-order valence-electron chi connectivity index (χ0n) is 15.2. The van der Waals surface area contributed by atoms with E-state index in [1.165, 1.54) is 53.8 Å². The van der Waals surface area contributed by atoms with E-state index in [-0.39, 0.29) is 16.9 Å². The van der Waals surface area contributed by atoms with Crippen LogP contribution in [0, 0.1) is 5.82 Å². The lowest BCUT2D eigenvalue weighted by Gasteiger charge is -2.23. The molecule has 1 amide bonds. The molecule has 1 saturated heterocycles. The summed E-state index contributed by atoms with van der Waals surface area (Å²) in [5.41, 5.74) is 0.757. The van der Waals surface area contributed by atoms with Crippen molar-refractivity contribution in [1.29, 1.82) is 0 Å². The van der Waals surface area contributed by atoms with Crippen molar-refractivity contribution in [3.63, 3.8) is 0 Å². The molecule has 0 aliphatic carbocycles. The molecule has 8 heteroatoms. The zero-order valence-corrected chi connectivity index (χ0v) is 16.0. The van der Waals surface area contributed by atoms with Gasteiger partial charge in [0.2, 0.25) is 0 Å². The third kappa shape index (κ3) is 3.27. The average molecular weight is 410 g/mol. The maximum Gasteiger partial charge on any atom is 0.301 e. The van der Waals surface area contributed by atoms with E-state index in [0.717, 1.165) is 0 Å². The van der Waals surface area contributed by atoms with Crippen molar-refractivity contribution in [3.8, 4) is 5.75 Å². The summed E-state index contributed by atoms with van der Waals surface area (Å²) in [6.45, 7) is 0. The third-order valence-electron chi connectivity index (χ3n) is 4.62. The van der Waals surface area contributed by atoms with Crippen LogP contribution in [0.2, 0.25) is 0 Å². The lowest BCUT2D eigenvalue weighted by molar-refractivity contribution is -0.132. The van der Waals surface area contributed by atoms with Gasteiger partial charge in [-0.15, -0.1) is 11.3 Å². The van der Waals surface area contributed by atoms with Crippen LogP contribution in [-0.4, -0.2) is 28.9 Å². The second-order valence-electron chi connectivity index (χ2n) is 6.26. The van der Waals surface area contributed by atoms with Crippen LogP contribution in [0.5, 0.6) is 5.75 Å². The molecule has 29 heavy (non-hydrogen) atoms. The van der Waals surface area contributed by atoms with E-state index in [0.29, 0.717) is 16.4 Å². The number of carbonyl (C=O) groups is 2. The topological polar surface area (TPSA) is 79.7 Å². The molecule has 1 aromatic heterocycles. The van der Waals surface area contributed by atoms with Crippen molar-refractivity contribution in [2.45, 2.75) is 6.04 Å². The van der Waals surface area contributed by atoms with E-state index in [1.807, 2.05) is 0 Å². The van der Waals surface area contributed by atoms with Crippen molar-refractivity contribution < 1.29 is 23.8 Å². The standard InChI is InChI=1S/C21H15FN2O4S/c1-28-15-8-4-12(5-9-15)17-16(18(25)13-2-6-14(22)7-3-13)19(26)20(27)24(17)21-23-10-11-29-21/h2-11,17,25H,1H3. The number of aromatic nitrogens is 1. The number of halogens is 1. The van der Waals surface area contributed by atoms with Crippen molar-refractivity contribution in [2.75, 3.05) is 12.0 Å². The molecule has 0 radical (unpaired) electrons. The van der Waals surface area contributed by atoms with Crippen LogP contribution in [0.15, 0.2) is 65.7 Å². The third-order valence-corrected chi connectivity index (χ3v) is 5.39. The molecule has 1 aliphatic heterocycles. The summed E-state index contributed by atoms with van der Waals surface area (Å²) in [5.74, 6) is -1.86. The number of methoxy groups -OCH3 is 1. The molecule has 1 fully saturated rings.